The van der Waals surface area contributed by atoms with Gasteiger partial charge in [0.15, 0.2) is 0 Å². The number of methoxy groups -OCH3 is 1. The molecule has 5 heteroatoms. The molecule has 0 bridgehead atoms. The van der Waals surface area contributed by atoms with E-state index in [-0.39, 0.29) is 5.91 Å². The summed E-state index contributed by atoms with van der Waals surface area (Å²) < 4.78 is 5.13. The van der Waals surface area contributed by atoms with Crippen LogP contribution < -0.4 is 5.32 Å². The van der Waals surface area contributed by atoms with E-state index < -0.39 is 0 Å². The second-order valence-corrected chi connectivity index (χ2v) is 5.70. The van der Waals surface area contributed by atoms with Crippen LogP contribution in [0.1, 0.15) is 28.8 Å². The molecule has 1 amide bonds. The van der Waals surface area contributed by atoms with Gasteiger partial charge in [-0.1, -0.05) is 0 Å². The molecule has 0 aromatic carbocycles. The number of hydrogen-bond donors (Lipinski definition) is 1. The van der Waals surface area contributed by atoms with Crippen LogP contribution in [-0.4, -0.2) is 55.7 Å². The first-order valence-corrected chi connectivity index (χ1v) is 7.61. The lowest BCUT2D eigenvalue weighted by atomic mass is 9.98. The van der Waals surface area contributed by atoms with Crippen LogP contribution in [-0.2, 0) is 4.74 Å². The van der Waals surface area contributed by atoms with Crippen LogP contribution in [0.4, 0.5) is 0 Å². The molecule has 116 valence electrons. The molecule has 21 heavy (non-hydrogen) atoms. The van der Waals surface area contributed by atoms with Gasteiger partial charge in [0, 0.05) is 44.7 Å². The molecule has 1 fully saturated rings. The maximum Gasteiger partial charge on any atom is 0.251 e. The molecule has 1 aromatic heterocycles. The van der Waals surface area contributed by atoms with Crippen molar-refractivity contribution in [3.8, 4) is 0 Å². The minimum Gasteiger partial charge on any atom is -0.383 e. The standard InChI is InChI=1S/C16H25N3O2/c1-13-10-17-6-5-15(13)16(20)18-11-14-4-3-7-19(12-14)8-9-21-2/h5-6,10,14H,3-4,7-9,11-12H2,1-2H3,(H,18,20)/t14-/m0/s1. The van der Waals surface area contributed by atoms with Gasteiger partial charge in [-0.15, -0.1) is 0 Å². The predicted molar refractivity (Wildman–Crippen MR) is 82.3 cm³/mol. The number of carbonyl (C=O) groups excluding carboxylic acids is 1. The molecule has 2 rings (SSSR count). The third-order valence-electron chi connectivity index (χ3n) is 4.03. The Morgan fingerprint density at radius 3 is 3.19 bits per heavy atom. The minimum atomic E-state index is 0.00362. The summed E-state index contributed by atoms with van der Waals surface area (Å²) in [6.45, 7) is 6.58. The van der Waals surface area contributed by atoms with Gasteiger partial charge in [0.05, 0.1) is 6.61 Å². The highest BCUT2D eigenvalue weighted by Crippen LogP contribution is 2.15. The highest BCUT2D eigenvalue weighted by Gasteiger charge is 2.20. The van der Waals surface area contributed by atoms with Crippen molar-refractivity contribution in [2.24, 2.45) is 5.92 Å². The number of pyridine rings is 1. The lowest BCUT2D eigenvalue weighted by Gasteiger charge is -2.32. The normalized spacial score (nSPS) is 19.4. The van der Waals surface area contributed by atoms with Gasteiger partial charge in [0.25, 0.3) is 5.91 Å². The lowest BCUT2D eigenvalue weighted by molar-refractivity contribution is 0.0912. The summed E-state index contributed by atoms with van der Waals surface area (Å²) in [6, 6.07) is 1.77. The molecule has 1 saturated heterocycles. The van der Waals surface area contributed by atoms with Crippen molar-refractivity contribution in [2.75, 3.05) is 39.9 Å². The zero-order chi connectivity index (χ0) is 15.1. The van der Waals surface area contributed by atoms with Gasteiger partial charge in [0.2, 0.25) is 0 Å². The van der Waals surface area contributed by atoms with Gasteiger partial charge < -0.3 is 15.0 Å². The number of ether oxygens (including phenoxy) is 1. The maximum atomic E-state index is 12.2. The summed E-state index contributed by atoms with van der Waals surface area (Å²) >= 11 is 0. The van der Waals surface area contributed by atoms with Gasteiger partial charge in [-0.25, -0.2) is 0 Å². The molecule has 1 aliphatic rings. The summed E-state index contributed by atoms with van der Waals surface area (Å²) in [6.07, 6.45) is 5.76. The van der Waals surface area contributed by atoms with Gasteiger partial charge >= 0.3 is 0 Å². The fourth-order valence-electron chi connectivity index (χ4n) is 2.80. The molecule has 5 nitrogen and oxygen atoms in total. The van der Waals surface area contributed by atoms with Crippen LogP contribution in [0.15, 0.2) is 18.5 Å². The Hall–Kier alpha value is -1.46. The fourth-order valence-corrected chi connectivity index (χ4v) is 2.80. The Bertz CT molecular complexity index is 465. The molecule has 0 spiro atoms. The molecule has 0 saturated carbocycles. The van der Waals surface area contributed by atoms with Gasteiger partial charge in [0.1, 0.15) is 0 Å². The van der Waals surface area contributed by atoms with Crippen molar-refractivity contribution in [1.82, 2.24) is 15.2 Å². The lowest BCUT2D eigenvalue weighted by Crippen LogP contribution is -2.42. The third kappa shape index (κ3) is 4.79. The second kappa shape index (κ2) is 8.10. The number of aromatic nitrogens is 1. The minimum absolute atomic E-state index is 0.00362. The Labute approximate surface area is 126 Å². The number of hydrogen-bond acceptors (Lipinski definition) is 4. The number of aryl methyl sites for hydroxylation is 1. The van der Waals surface area contributed by atoms with E-state index in [2.05, 4.69) is 15.2 Å². The molecular weight excluding hydrogens is 266 g/mol. The van der Waals surface area contributed by atoms with E-state index in [1.807, 2.05) is 6.92 Å². The average molecular weight is 291 g/mol. The quantitative estimate of drug-likeness (QED) is 0.862. The molecule has 0 aliphatic carbocycles. The topological polar surface area (TPSA) is 54.5 Å². The van der Waals surface area contributed by atoms with Crippen LogP contribution in [0.25, 0.3) is 0 Å². The molecule has 1 aromatic rings. The molecule has 0 unspecified atom stereocenters. The summed E-state index contributed by atoms with van der Waals surface area (Å²) in [4.78, 5) is 18.6. The van der Waals surface area contributed by atoms with Gasteiger partial charge in [-0.2, -0.15) is 0 Å². The number of rotatable bonds is 6. The summed E-state index contributed by atoms with van der Waals surface area (Å²) in [5, 5.41) is 3.06. The van der Waals surface area contributed by atoms with Crippen molar-refractivity contribution in [3.05, 3.63) is 29.6 Å². The average Bonchev–Trinajstić information content (AvgIpc) is 2.51. The monoisotopic (exact) mass is 291 g/mol. The van der Waals surface area contributed by atoms with Crippen molar-refractivity contribution < 1.29 is 9.53 Å². The van der Waals surface area contributed by atoms with Crippen LogP contribution in [0.5, 0.6) is 0 Å². The van der Waals surface area contributed by atoms with Crippen LogP contribution in [0, 0.1) is 12.8 Å². The van der Waals surface area contributed by atoms with Crippen molar-refractivity contribution in [2.45, 2.75) is 19.8 Å². The third-order valence-corrected chi connectivity index (χ3v) is 4.03. The number of likely N-dealkylation sites (tertiary alicyclic amines) is 1. The summed E-state index contributed by atoms with van der Waals surface area (Å²) in [7, 11) is 1.73. The van der Waals surface area contributed by atoms with E-state index in [4.69, 9.17) is 4.74 Å². The molecule has 1 aliphatic heterocycles. The zero-order valence-corrected chi connectivity index (χ0v) is 13.0. The van der Waals surface area contributed by atoms with Crippen LogP contribution >= 0.6 is 0 Å². The van der Waals surface area contributed by atoms with Crippen molar-refractivity contribution in [1.29, 1.82) is 0 Å². The van der Waals surface area contributed by atoms with E-state index in [0.29, 0.717) is 5.92 Å². The highest BCUT2D eigenvalue weighted by molar-refractivity contribution is 5.95. The zero-order valence-electron chi connectivity index (χ0n) is 13.0. The summed E-state index contributed by atoms with van der Waals surface area (Å²) in [5.41, 5.74) is 1.64. The van der Waals surface area contributed by atoms with E-state index in [0.717, 1.165) is 43.9 Å². The number of carbonyl (C=O) groups is 1. The van der Waals surface area contributed by atoms with Crippen LogP contribution in [0.2, 0.25) is 0 Å². The number of piperidine rings is 1. The van der Waals surface area contributed by atoms with E-state index in [1.54, 1.807) is 25.6 Å². The van der Waals surface area contributed by atoms with E-state index >= 15 is 0 Å². The maximum absolute atomic E-state index is 12.2. The van der Waals surface area contributed by atoms with Crippen molar-refractivity contribution in [3.63, 3.8) is 0 Å². The smallest absolute Gasteiger partial charge is 0.251 e. The molecule has 1 atom stereocenters. The highest BCUT2D eigenvalue weighted by atomic mass is 16.5. The number of nitrogens with one attached hydrogen (secondary N) is 1. The fraction of sp³-hybridized carbons (Fsp3) is 0.625. The number of amides is 1. The first-order chi connectivity index (χ1) is 10.2. The Kier molecular flexibility index (Phi) is 6.14. The Balaban J connectivity index is 1.80. The second-order valence-electron chi connectivity index (χ2n) is 5.70. The van der Waals surface area contributed by atoms with E-state index in [9.17, 15) is 4.79 Å². The SMILES string of the molecule is COCCN1CCC[C@@H](CNC(=O)c2ccncc2C)C1. The number of nitrogens with zero attached hydrogens (tertiary/aromatic N) is 2. The molecule has 1 N–H and O–H groups in total. The largest absolute Gasteiger partial charge is 0.383 e. The molecule has 0 radical (unpaired) electrons. The van der Waals surface area contributed by atoms with Gasteiger partial charge in [-0.3, -0.25) is 9.78 Å². The predicted octanol–water partition coefficient (Wildman–Crippen LogP) is 1.48. The van der Waals surface area contributed by atoms with Crippen molar-refractivity contribution >= 4 is 5.91 Å². The first-order valence-electron chi connectivity index (χ1n) is 7.61. The van der Waals surface area contributed by atoms with Crippen LogP contribution in [0.3, 0.4) is 0 Å². The molecule has 2 heterocycles. The Morgan fingerprint density at radius 1 is 1.57 bits per heavy atom. The molecular formula is C16H25N3O2. The van der Waals surface area contributed by atoms with Gasteiger partial charge in [-0.05, 0) is 43.9 Å². The van der Waals surface area contributed by atoms with E-state index in [1.165, 1.54) is 12.8 Å². The first kappa shape index (κ1) is 15.9. The summed E-state index contributed by atoms with van der Waals surface area (Å²) in [5.74, 6) is 0.533. The Morgan fingerprint density at radius 2 is 2.43 bits per heavy atom.